The van der Waals surface area contributed by atoms with Crippen molar-refractivity contribution in [3.8, 4) is 0 Å². The molecule has 0 heterocycles. The number of guanidine groups is 1. The third-order valence-corrected chi connectivity index (χ3v) is 3.51. The first-order valence-corrected chi connectivity index (χ1v) is 7.22. The lowest BCUT2D eigenvalue weighted by Gasteiger charge is -2.18. The van der Waals surface area contributed by atoms with E-state index in [0.29, 0.717) is 6.04 Å². The molecule has 0 amide bonds. The summed E-state index contributed by atoms with van der Waals surface area (Å²) in [5.41, 5.74) is 3.82. The van der Waals surface area contributed by atoms with Gasteiger partial charge in [-0.2, -0.15) is 0 Å². The Morgan fingerprint density at radius 1 is 1.33 bits per heavy atom. The summed E-state index contributed by atoms with van der Waals surface area (Å²) in [6, 6.07) is 6.96. The molecule has 0 radical (unpaired) electrons. The van der Waals surface area contributed by atoms with Crippen LogP contribution < -0.4 is 15.5 Å². The fourth-order valence-electron chi connectivity index (χ4n) is 1.87. The van der Waals surface area contributed by atoms with E-state index in [0.717, 1.165) is 18.9 Å². The predicted octanol–water partition coefficient (Wildman–Crippen LogP) is 3.14. The SMILES string of the molecule is CCC(C)NC(=NC)NCc1ccc(N(C)C)cc1C.I. The van der Waals surface area contributed by atoms with Gasteiger partial charge < -0.3 is 15.5 Å². The summed E-state index contributed by atoms with van der Waals surface area (Å²) < 4.78 is 0. The minimum absolute atomic E-state index is 0. The molecule has 1 rings (SSSR count). The van der Waals surface area contributed by atoms with E-state index in [1.165, 1.54) is 16.8 Å². The van der Waals surface area contributed by atoms with E-state index in [1.54, 1.807) is 7.05 Å². The largest absolute Gasteiger partial charge is 0.378 e. The molecule has 0 aliphatic heterocycles. The summed E-state index contributed by atoms with van der Waals surface area (Å²) in [6.07, 6.45) is 1.08. The van der Waals surface area contributed by atoms with Crippen LogP contribution >= 0.6 is 24.0 Å². The van der Waals surface area contributed by atoms with Crippen molar-refractivity contribution in [1.29, 1.82) is 0 Å². The van der Waals surface area contributed by atoms with Crippen LogP contribution in [0, 0.1) is 6.92 Å². The summed E-state index contributed by atoms with van der Waals surface area (Å²) in [7, 11) is 5.93. The van der Waals surface area contributed by atoms with Gasteiger partial charge in [-0.3, -0.25) is 4.99 Å². The molecule has 0 saturated heterocycles. The summed E-state index contributed by atoms with van der Waals surface area (Å²) in [6.45, 7) is 7.25. The molecule has 2 N–H and O–H groups in total. The van der Waals surface area contributed by atoms with Crippen LogP contribution in [0.2, 0.25) is 0 Å². The third kappa shape index (κ3) is 6.54. The number of halogens is 1. The van der Waals surface area contributed by atoms with Crippen molar-refractivity contribution < 1.29 is 0 Å². The monoisotopic (exact) mass is 404 g/mol. The first-order chi connectivity index (χ1) is 9.47. The number of benzene rings is 1. The summed E-state index contributed by atoms with van der Waals surface area (Å²) in [4.78, 5) is 6.37. The minimum Gasteiger partial charge on any atom is -0.378 e. The number of nitrogens with zero attached hydrogens (tertiary/aromatic N) is 2. The molecule has 0 aliphatic rings. The highest BCUT2D eigenvalue weighted by Crippen LogP contribution is 2.17. The lowest BCUT2D eigenvalue weighted by molar-refractivity contribution is 0.624. The molecular formula is C16H29IN4. The molecule has 0 aromatic heterocycles. The highest BCUT2D eigenvalue weighted by Gasteiger charge is 2.05. The Labute approximate surface area is 146 Å². The van der Waals surface area contributed by atoms with Gasteiger partial charge >= 0.3 is 0 Å². The number of rotatable bonds is 5. The van der Waals surface area contributed by atoms with Crippen LogP contribution in [-0.4, -0.2) is 33.1 Å². The Morgan fingerprint density at radius 2 is 2.00 bits per heavy atom. The summed E-state index contributed by atoms with van der Waals surface area (Å²) in [5, 5.41) is 6.73. The van der Waals surface area contributed by atoms with Crippen molar-refractivity contribution in [2.75, 3.05) is 26.0 Å². The van der Waals surface area contributed by atoms with Gasteiger partial charge in [0.25, 0.3) is 0 Å². The highest BCUT2D eigenvalue weighted by molar-refractivity contribution is 14.0. The zero-order valence-electron chi connectivity index (χ0n) is 14.0. The van der Waals surface area contributed by atoms with Crippen molar-refractivity contribution in [2.24, 2.45) is 4.99 Å². The van der Waals surface area contributed by atoms with Crippen molar-refractivity contribution in [3.63, 3.8) is 0 Å². The fraction of sp³-hybridized carbons (Fsp3) is 0.562. The number of hydrogen-bond donors (Lipinski definition) is 2. The molecule has 5 heteroatoms. The van der Waals surface area contributed by atoms with E-state index in [2.05, 4.69) is 73.6 Å². The molecule has 1 unspecified atom stereocenters. The van der Waals surface area contributed by atoms with E-state index >= 15 is 0 Å². The van der Waals surface area contributed by atoms with Crippen molar-refractivity contribution in [1.82, 2.24) is 10.6 Å². The molecule has 0 saturated carbocycles. The van der Waals surface area contributed by atoms with E-state index < -0.39 is 0 Å². The Hall–Kier alpha value is -0.980. The second-order valence-corrected chi connectivity index (χ2v) is 5.38. The Bertz CT molecular complexity index is 458. The zero-order valence-corrected chi connectivity index (χ0v) is 16.4. The number of anilines is 1. The van der Waals surface area contributed by atoms with Crippen LogP contribution in [0.5, 0.6) is 0 Å². The molecule has 0 bridgehead atoms. The maximum absolute atomic E-state index is 4.25. The van der Waals surface area contributed by atoms with Gasteiger partial charge in [-0.15, -0.1) is 24.0 Å². The minimum atomic E-state index is 0. The van der Waals surface area contributed by atoms with Crippen LogP contribution in [0.3, 0.4) is 0 Å². The molecule has 0 fully saturated rings. The quantitative estimate of drug-likeness (QED) is 0.450. The second kappa shape index (κ2) is 9.87. The van der Waals surface area contributed by atoms with Gasteiger partial charge in [0.15, 0.2) is 5.96 Å². The van der Waals surface area contributed by atoms with Crippen molar-refractivity contribution in [3.05, 3.63) is 29.3 Å². The number of hydrogen-bond acceptors (Lipinski definition) is 2. The smallest absolute Gasteiger partial charge is 0.191 e. The van der Waals surface area contributed by atoms with Crippen molar-refractivity contribution in [2.45, 2.75) is 39.8 Å². The molecule has 1 atom stereocenters. The maximum atomic E-state index is 4.25. The van der Waals surface area contributed by atoms with Gasteiger partial charge in [0.1, 0.15) is 0 Å². The Kier molecular flexibility index (Phi) is 9.41. The number of aryl methyl sites for hydroxylation is 1. The number of nitrogens with one attached hydrogen (secondary N) is 2. The lowest BCUT2D eigenvalue weighted by atomic mass is 10.1. The van der Waals surface area contributed by atoms with Crippen LogP contribution in [0.4, 0.5) is 5.69 Å². The van der Waals surface area contributed by atoms with Crippen LogP contribution in [-0.2, 0) is 6.54 Å². The van der Waals surface area contributed by atoms with Gasteiger partial charge in [0, 0.05) is 39.4 Å². The van der Waals surface area contributed by atoms with Crippen molar-refractivity contribution >= 4 is 35.6 Å². The molecule has 1 aromatic rings. The number of aliphatic imine (C=N–C) groups is 1. The predicted molar refractivity (Wildman–Crippen MR) is 104 cm³/mol. The molecule has 0 aliphatic carbocycles. The molecule has 120 valence electrons. The van der Waals surface area contributed by atoms with Crippen LogP contribution in [0.15, 0.2) is 23.2 Å². The molecule has 4 nitrogen and oxygen atoms in total. The van der Waals surface area contributed by atoms with Gasteiger partial charge in [0.2, 0.25) is 0 Å². The Balaban J connectivity index is 0.00000400. The normalized spacial score (nSPS) is 12.4. The van der Waals surface area contributed by atoms with E-state index in [4.69, 9.17) is 0 Å². The van der Waals surface area contributed by atoms with E-state index in [-0.39, 0.29) is 24.0 Å². The first kappa shape index (κ1) is 20.0. The Morgan fingerprint density at radius 3 is 2.48 bits per heavy atom. The van der Waals surface area contributed by atoms with Gasteiger partial charge in [0.05, 0.1) is 0 Å². The summed E-state index contributed by atoms with van der Waals surface area (Å²) in [5.74, 6) is 0.857. The average Bonchev–Trinajstić information content (AvgIpc) is 2.43. The molecule has 1 aromatic carbocycles. The van der Waals surface area contributed by atoms with E-state index in [1.807, 2.05) is 0 Å². The first-order valence-electron chi connectivity index (χ1n) is 7.22. The molecule has 21 heavy (non-hydrogen) atoms. The van der Waals surface area contributed by atoms with Gasteiger partial charge in [-0.1, -0.05) is 13.0 Å². The van der Waals surface area contributed by atoms with Crippen LogP contribution in [0.25, 0.3) is 0 Å². The topological polar surface area (TPSA) is 39.7 Å². The standard InChI is InChI=1S/C16H28N4.HI/c1-7-13(3)19-16(17-4)18-11-14-8-9-15(20(5)6)10-12(14)2;/h8-10,13H,7,11H2,1-6H3,(H2,17,18,19);1H. The highest BCUT2D eigenvalue weighted by atomic mass is 127. The van der Waals surface area contributed by atoms with E-state index in [9.17, 15) is 0 Å². The maximum Gasteiger partial charge on any atom is 0.191 e. The second-order valence-electron chi connectivity index (χ2n) is 5.38. The molecule has 0 spiro atoms. The van der Waals surface area contributed by atoms with Crippen LogP contribution in [0.1, 0.15) is 31.4 Å². The third-order valence-electron chi connectivity index (χ3n) is 3.51. The van der Waals surface area contributed by atoms with Gasteiger partial charge in [-0.05, 0) is 43.5 Å². The fourth-order valence-corrected chi connectivity index (χ4v) is 1.87. The zero-order chi connectivity index (χ0) is 15.1. The van der Waals surface area contributed by atoms with Gasteiger partial charge in [-0.25, -0.2) is 0 Å². The lowest BCUT2D eigenvalue weighted by Crippen LogP contribution is -2.41. The summed E-state index contributed by atoms with van der Waals surface area (Å²) >= 11 is 0. The average molecular weight is 404 g/mol. The molecular weight excluding hydrogens is 375 g/mol.